The molecule has 2 heterocycles. The molecule has 0 saturated carbocycles. The van der Waals surface area contributed by atoms with Crippen molar-refractivity contribution < 1.29 is 58.8 Å². The number of hydrogen-bond acceptors (Lipinski definition) is 11. The molecule has 2 rings (SSSR count). The first-order valence-corrected chi connectivity index (χ1v) is 7.92. The highest BCUT2D eigenvalue weighted by molar-refractivity contribution is 5.65. The van der Waals surface area contributed by atoms with E-state index in [-0.39, 0.29) is 0 Å². The van der Waals surface area contributed by atoms with Crippen LogP contribution >= 0.6 is 0 Å². The second kappa shape index (κ2) is 8.82. The van der Waals surface area contributed by atoms with E-state index in [1.807, 2.05) is 0 Å². The Morgan fingerprint density at radius 3 is 2.19 bits per heavy atom. The van der Waals surface area contributed by atoms with Crippen LogP contribution in [0, 0.1) is 0 Å². The average Bonchev–Trinajstić information content (AvgIpc) is 2.60. The molecule has 0 aliphatic carbocycles. The van der Waals surface area contributed by atoms with Crippen molar-refractivity contribution in [2.24, 2.45) is 0 Å². The Hall–Kier alpha value is -0.960. The van der Waals surface area contributed by atoms with Crippen molar-refractivity contribution >= 4 is 5.97 Å². The van der Waals surface area contributed by atoms with Crippen LogP contribution in [0.2, 0.25) is 0 Å². The van der Waals surface area contributed by atoms with Crippen LogP contribution in [-0.4, -0.2) is 111 Å². The molecule has 0 spiro atoms. The van der Waals surface area contributed by atoms with Gasteiger partial charge in [0.1, 0.15) is 55.4 Å². The number of alkyl halides is 1. The summed E-state index contributed by atoms with van der Waals surface area (Å²) in [4.78, 5) is 10.9. The highest BCUT2D eigenvalue weighted by Gasteiger charge is 2.50. The van der Waals surface area contributed by atoms with Gasteiger partial charge in [0.15, 0.2) is 6.29 Å². The fourth-order valence-corrected chi connectivity index (χ4v) is 2.73. The molecule has 26 heavy (non-hydrogen) atoms. The lowest BCUT2D eigenvalue weighted by Crippen LogP contribution is -2.64. The molecule has 2 fully saturated rings. The van der Waals surface area contributed by atoms with Crippen molar-refractivity contribution in [3.8, 4) is 0 Å². The van der Waals surface area contributed by atoms with E-state index in [0.29, 0.717) is 0 Å². The lowest BCUT2D eigenvalue weighted by atomic mass is 9.97. The van der Waals surface area contributed by atoms with Gasteiger partial charge in [-0.3, -0.25) is 4.79 Å². The van der Waals surface area contributed by atoms with Gasteiger partial charge in [-0.25, -0.2) is 4.39 Å². The van der Waals surface area contributed by atoms with Crippen molar-refractivity contribution in [1.29, 1.82) is 0 Å². The Kier molecular flexibility index (Phi) is 7.24. The lowest BCUT2D eigenvalue weighted by Gasteiger charge is -2.44. The Morgan fingerprint density at radius 1 is 0.962 bits per heavy atom. The van der Waals surface area contributed by atoms with Crippen LogP contribution < -0.4 is 0 Å². The summed E-state index contributed by atoms with van der Waals surface area (Å²) in [6.45, 7) is -0.118. The Labute approximate surface area is 147 Å². The summed E-state index contributed by atoms with van der Waals surface area (Å²) in [6, 6.07) is 0. The van der Waals surface area contributed by atoms with E-state index in [0.717, 1.165) is 6.92 Å². The number of esters is 1. The monoisotopic (exact) mass is 386 g/mol. The summed E-state index contributed by atoms with van der Waals surface area (Å²) >= 11 is 0. The summed E-state index contributed by atoms with van der Waals surface area (Å²) in [6.07, 6.45) is -17.0. The predicted molar refractivity (Wildman–Crippen MR) is 77.1 cm³/mol. The van der Waals surface area contributed by atoms with Gasteiger partial charge in [0.05, 0.1) is 6.61 Å². The number of ether oxygens (including phenoxy) is 4. The molecule has 2 saturated heterocycles. The minimum absolute atomic E-state index is 0.456. The second-order valence-corrected chi connectivity index (χ2v) is 6.11. The molecule has 152 valence electrons. The van der Waals surface area contributed by atoms with Gasteiger partial charge in [0.25, 0.3) is 0 Å². The molecule has 0 radical (unpaired) electrons. The minimum atomic E-state index is -2.26. The first kappa shape index (κ1) is 21.3. The summed E-state index contributed by atoms with van der Waals surface area (Å²) in [5, 5.41) is 58.6. The van der Waals surface area contributed by atoms with Gasteiger partial charge in [-0.2, -0.15) is 0 Å². The quantitative estimate of drug-likeness (QED) is 0.255. The van der Waals surface area contributed by atoms with E-state index >= 15 is 0 Å². The van der Waals surface area contributed by atoms with Gasteiger partial charge in [-0.15, -0.1) is 0 Å². The zero-order valence-corrected chi connectivity index (χ0v) is 13.8. The molecular formula is C14H23FO11. The molecule has 12 heteroatoms. The first-order chi connectivity index (χ1) is 12.2. The molecular weight excluding hydrogens is 363 g/mol. The molecule has 0 aromatic carbocycles. The van der Waals surface area contributed by atoms with Crippen molar-refractivity contribution in [3.63, 3.8) is 0 Å². The maximum absolute atomic E-state index is 13.4. The number of aliphatic hydroxyl groups is 6. The van der Waals surface area contributed by atoms with Crippen molar-refractivity contribution in [3.05, 3.63) is 0 Å². The van der Waals surface area contributed by atoms with Crippen LogP contribution in [0.5, 0.6) is 0 Å². The molecule has 0 aromatic heterocycles. The molecule has 10 atom stereocenters. The summed E-state index contributed by atoms with van der Waals surface area (Å²) in [5.41, 5.74) is 0. The standard InChI is InChI=1S/C14H23FO11/c1-4(17)23-3-6-7(18)8(19)11(22)14(25-6)26-12-5(2-16)24-13(15)10(21)9(12)20/h5-14,16,18-22H,2-3H2,1H3/t5?,6?,7-,8-,9+,10?,11?,12-,13+,14-/m0/s1. The molecule has 0 amide bonds. The Bertz CT molecular complexity index is 478. The average molecular weight is 386 g/mol. The van der Waals surface area contributed by atoms with Crippen LogP contribution in [0.1, 0.15) is 6.92 Å². The largest absolute Gasteiger partial charge is 0.463 e. The molecule has 11 nitrogen and oxygen atoms in total. The second-order valence-electron chi connectivity index (χ2n) is 6.11. The Morgan fingerprint density at radius 2 is 1.62 bits per heavy atom. The van der Waals surface area contributed by atoms with Crippen LogP contribution in [0.25, 0.3) is 0 Å². The zero-order chi connectivity index (χ0) is 19.6. The maximum atomic E-state index is 13.4. The molecule has 0 bridgehead atoms. The first-order valence-electron chi connectivity index (χ1n) is 7.92. The fourth-order valence-electron chi connectivity index (χ4n) is 2.73. The molecule has 2 aliphatic rings. The van der Waals surface area contributed by atoms with Gasteiger partial charge in [-0.05, 0) is 0 Å². The van der Waals surface area contributed by atoms with Gasteiger partial charge < -0.3 is 49.6 Å². The van der Waals surface area contributed by atoms with Gasteiger partial charge in [0, 0.05) is 6.92 Å². The highest BCUT2D eigenvalue weighted by atomic mass is 19.1. The molecule has 6 N–H and O–H groups in total. The van der Waals surface area contributed by atoms with Crippen molar-refractivity contribution in [2.75, 3.05) is 13.2 Å². The lowest BCUT2D eigenvalue weighted by molar-refractivity contribution is -0.349. The zero-order valence-electron chi connectivity index (χ0n) is 13.8. The smallest absolute Gasteiger partial charge is 0.302 e. The SMILES string of the molecule is CC(=O)OCC1O[C@@H](O[C@H]2C(CO)O[C@@H](F)C(O)[C@H]2O)C(O)[C@@H](O)[C@H]1O. The fraction of sp³-hybridized carbons (Fsp3) is 0.929. The predicted octanol–water partition coefficient (Wildman–Crippen LogP) is -3.85. The normalized spacial score (nSPS) is 46.8. The number of aliphatic hydroxyl groups excluding tert-OH is 6. The van der Waals surface area contributed by atoms with Gasteiger partial charge in [-0.1, -0.05) is 0 Å². The molecule has 2 aliphatic heterocycles. The number of carbonyl (C=O) groups is 1. The van der Waals surface area contributed by atoms with E-state index in [1.54, 1.807) is 0 Å². The third kappa shape index (κ3) is 4.47. The third-order valence-electron chi connectivity index (χ3n) is 4.22. The summed E-state index contributed by atoms with van der Waals surface area (Å²) < 4.78 is 33.4. The van der Waals surface area contributed by atoms with Crippen molar-refractivity contribution in [1.82, 2.24) is 0 Å². The topological polar surface area (TPSA) is 175 Å². The highest BCUT2D eigenvalue weighted by Crippen LogP contribution is 2.29. The van der Waals surface area contributed by atoms with E-state index in [1.165, 1.54) is 0 Å². The van der Waals surface area contributed by atoms with Crippen molar-refractivity contribution in [2.45, 2.75) is 68.4 Å². The van der Waals surface area contributed by atoms with Crippen LogP contribution in [0.15, 0.2) is 0 Å². The van der Waals surface area contributed by atoms with Crippen LogP contribution in [-0.2, 0) is 23.7 Å². The number of hydrogen-bond donors (Lipinski definition) is 6. The molecule has 4 unspecified atom stereocenters. The summed E-state index contributed by atoms with van der Waals surface area (Å²) in [7, 11) is 0. The number of carbonyl (C=O) groups excluding carboxylic acids is 1. The summed E-state index contributed by atoms with van der Waals surface area (Å²) in [5.74, 6) is -0.674. The maximum Gasteiger partial charge on any atom is 0.302 e. The van der Waals surface area contributed by atoms with E-state index in [4.69, 9.17) is 18.9 Å². The van der Waals surface area contributed by atoms with E-state index in [2.05, 4.69) is 0 Å². The van der Waals surface area contributed by atoms with Crippen LogP contribution in [0.3, 0.4) is 0 Å². The Balaban J connectivity index is 2.10. The van der Waals surface area contributed by atoms with E-state index < -0.39 is 80.7 Å². The van der Waals surface area contributed by atoms with Gasteiger partial charge in [0.2, 0.25) is 6.36 Å². The minimum Gasteiger partial charge on any atom is -0.463 e. The van der Waals surface area contributed by atoms with Gasteiger partial charge >= 0.3 is 5.97 Å². The van der Waals surface area contributed by atoms with Crippen LogP contribution in [0.4, 0.5) is 4.39 Å². The number of rotatable bonds is 5. The van der Waals surface area contributed by atoms with E-state index in [9.17, 15) is 39.8 Å². The third-order valence-corrected chi connectivity index (χ3v) is 4.22. The molecule has 0 aromatic rings. The number of halogens is 1.